The van der Waals surface area contributed by atoms with Crippen molar-refractivity contribution >= 4 is 17.6 Å². The van der Waals surface area contributed by atoms with Gasteiger partial charge in [-0.05, 0) is 31.7 Å². The van der Waals surface area contributed by atoms with Gasteiger partial charge >= 0.3 is 0 Å². The number of benzene rings is 1. The van der Waals surface area contributed by atoms with Gasteiger partial charge in [0.05, 0.1) is 5.56 Å². The van der Waals surface area contributed by atoms with Crippen LogP contribution in [0.5, 0.6) is 11.6 Å². The lowest BCUT2D eigenvalue weighted by molar-refractivity contribution is 0.445. The average Bonchev–Trinajstić information content (AvgIpc) is 2.48. The molecule has 2 aromatic rings. The van der Waals surface area contributed by atoms with Gasteiger partial charge in [-0.25, -0.2) is 9.97 Å². The number of rotatable bonds is 6. The van der Waals surface area contributed by atoms with Crippen molar-refractivity contribution in [2.75, 3.05) is 18.1 Å². The molecule has 0 aliphatic heterocycles. The van der Waals surface area contributed by atoms with Crippen LogP contribution in [0.4, 0.5) is 5.82 Å². The van der Waals surface area contributed by atoms with Crippen molar-refractivity contribution in [3.05, 3.63) is 36.2 Å². The fraction of sp³-hybridized carbons (Fsp3) is 0.333. The summed E-state index contributed by atoms with van der Waals surface area (Å²) in [4.78, 5) is 9.65. The van der Waals surface area contributed by atoms with Gasteiger partial charge in [-0.1, -0.05) is 19.1 Å². The Labute approximate surface area is 124 Å². The molecule has 1 aromatic carbocycles. The van der Waals surface area contributed by atoms with E-state index in [2.05, 4.69) is 22.2 Å². The summed E-state index contributed by atoms with van der Waals surface area (Å²) in [5.74, 6) is 2.30. The normalized spacial score (nSPS) is 10.3. The number of anilines is 1. The molecule has 0 bridgehead atoms. The highest BCUT2D eigenvalue weighted by atomic mass is 32.2. The molecule has 1 heterocycles. The highest BCUT2D eigenvalue weighted by Gasteiger charge is 2.12. The highest BCUT2D eigenvalue weighted by molar-refractivity contribution is 7.98. The third-order valence-corrected chi connectivity index (χ3v) is 3.66. The van der Waals surface area contributed by atoms with Crippen molar-refractivity contribution in [2.45, 2.75) is 25.2 Å². The van der Waals surface area contributed by atoms with Crippen molar-refractivity contribution in [3.8, 4) is 11.6 Å². The Kier molecular flexibility index (Phi) is 5.24. The van der Waals surface area contributed by atoms with E-state index in [0.717, 1.165) is 35.0 Å². The second-order valence-electron chi connectivity index (χ2n) is 4.14. The summed E-state index contributed by atoms with van der Waals surface area (Å²) in [6.07, 6.45) is 4.39. The number of ether oxygens (including phenoxy) is 1. The molecule has 1 N–H and O–H groups in total. The third kappa shape index (κ3) is 3.22. The zero-order valence-electron chi connectivity index (χ0n) is 12.0. The largest absolute Gasteiger partial charge is 0.437 e. The fourth-order valence-electron chi connectivity index (χ4n) is 1.93. The molecular weight excluding hydrogens is 270 g/mol. The number of nitrogens with zero attached hydrogens (tertiary/aromatic N) is 2. The van der Waals surface area contributed by atoms with Gasteiger partial charge in [0.25, 0.3) is 0 Å². The molecule has 1 aromatic heterocycles. The van der Waals surface area contributed by atoms with Crippen molar-refractivity contribution in [1.29, 1.82) is 0 Å². The predicted octanol–water partition coefficient (Wildman–Crippen LogP) is 3.99. The lowest BCUT2D eigenvalue weighted by atomic mass is 10.2. The van der Waals surface area contributed by atoms with E-state index in [1.165, 1.54) is 6.33 Å². The number of hydrogen-bond donors (Lipinski definition) is 1. The van der Waals surface area contributed by atoms with Crippen LogP contribution in [0.3, 0.4) is 0 Å². The zero-order valence-corrected chi connectivity index (χ0v) is 12.8. The van der Waals surface area contributed by atoms with Gasteiger partial charge in [0.2, 0.25) is 5.88 Å². The number of thioether (sulfide) groups is 1. The van der Waals surface area contributed by atoms with Crippen LogP contribution < -0.4 is 10.1 Å². The molecule has 0 saturated carbocycles. The lowest BCUT2D eigenvalue weighted by Crippen LogP contribution is -2.05. The number of nitrogens with one attached hydrogen (secondary N) is 1. The Morgan fingerprint density at radius 1 is 1.20 bits per heavy atom. The second-order valence-corrected chi connectivity index (χ2v) is 4.99. The van der Waals surface area contributed by atoms with Gasteiger partial charge in [-0.3, -0.25) is 0 Å². The summed E-state index contributed by atoms with van der Waals surface area (Å²) in [5.41, 5.74) is 1.00. The van der Waals surface area contributed by atoms with Crippen LogP contribution in [0, 0.1) is 0 Å². The van der Waals surface area contributed by atoms with Crippen LogP contribution in [0.1, 0.15) is 19.4 Å². The maximum absolute atomic E-state index is 6.00. The number of aromatic nitrogens is 2. The summed E-state index contributed by atoms with van der Waals surface area (Å²) in [7, 11) is 0. The van der Waals surface area contributed by atoms with Crippen LogP contribution >= 0.6 is 11.8 Å². The second kappa shape index (κ2) is 7.14. The summed E-state index contributed by atoms with van der Waals surface area (Å²) >= 11 is 1.66. The van der Waals surface area contributed by atoms with Crippen molar-refractivity contribution in [1.82, 2.24) is 9.97 Å². The number of para-hydroxylation sites is 1. The van der Waals surface area contributed by atoms with Crippen LogP contribution in [0.2, 0.25) is 0 Å². The van der Waals surface area contributed by atoms with Crippen molar-refractivity contribution in [3.63, 3.8) is 0 Å². The van der Waals surface area contributed by atoms with E-state index in [-0.39, 0.29) is 0 Å². The number of hydrogen-bond acceptors (Lipinski definition) is 5. The van der Waals surface area contributed by atoms with E-state index < -0.39 is 0 Å². The van der Waals surface area contributed by atoms with E-state index in [0.29, 0.717) is 5.88 Å². The van der Waals surface area contributed by atoms with Crippen molar-refractivity contribution in [2.24, 2.45) is 0 Å². The summed E-state index contributed by atoms with van der Waals surface area (Å²) in [5, 5.41) is 3.25. The average molecular weight is 289 g/mol. The van der Waals surface area contributed by atoms with Gasteiger partial charge < -0.3 is 10.1 Å². The molecule has 0 atom stereocenters. The van der Waals surface area contributed by atoms with Gasteiger partial charge in [0, 0.05) is 11.4 Å². The van der Waals surface area contributed by atoms with Gasteiger partial charge in [0.1, 0.15) is 17.9 Å². The molecule has 0 aliphatic carbocycles. The third-order valence-electron chi connectivity index (χ3n) is 2.88. The monoisotopic (exact) mass is 289 g/mol. The summed E-state index contributed by atoms with van der Waals surface area (Å²) in [6, 6.07) is 7.97. The summed E-state index contributed by atoms with van der Waals surface area (Å²) in [6.45, 7) is 4.95. The molecule has 5 heteroatoms. The Morgan fingerprint density at radius 2 is 2.00 bits per heavy atom. The van der Waals surface area contributed by atoms with Crippen LogP contribution in [-0.4, -0.2) is 22.8 Å². The standard InChI is InChI=1S/C15H19N3OS/c1-4-11-14(16-5-2)17-10-18-15(11)19-12-8-6-7-9-13(12)20-3/h6-10H,4-5H2,1-3H3,(H,16,17,18). The van der Waals surface area contributed by atoms with Gasteiger partial charge in [-0.2, -0.15) is 0 Å². The lowest BCUT2D eigenvalue weighted by Gasteiger charge is -2.14. The minimum Gasteiger partial charge on any atom is -0.437 e. The predicted molar refractivity (Wildman–Crippen MR) is 83.9 cm³/mol. The molecule has 20 heavy (non-hydrogen) atoms. The minimum atomic E-state index is 0.625. The molecular formula is C15H19N3OS. The van der Waals surface area contributed by atoms with Crippen molar-refractivity contribution < 1.29 is 4.74 Å². The fourth-order valence-corrected chi connectivity index (χ4v) is 2.46. The molecule has 4 nitrogen and oxygen atoms in total. The van der Waals surface area contributed by atoms with Crippen LogP contribution in [0.15, 0.2) is 35.5 Å². The van der Waals surface area contributed by atoms with E-state index in [1.807, 2.05) is 37.4 Å². The van der Waals surface area contributed by atoms with E-state index in [9.17, 15) is 0 Å². The van der Waals surface area contributed by atoms with Crippen LogP contribution in [0.25, 0.3) is 0 Å². The molecule has 0 radical (unpaired) electrons. The van der Waals surface area contributed by atoms with Crippen LogP contribution in [-0.2, 0) is 6.42 Å². The first-order chi connectivity index (χ1) is 9.80. The molecule has 0 unspecified atom stereocenters. The molecule has 0 fully saturated rings. The SMILES string of the molecule is CCNc1ncnc(Oc2ccccc2SC)c1CC. The maximum Gasteiger partial charge on any atom is 0.227 e. The molecule has 0 aliphatic rings. The summed E-state index contributed by atoms with van der Waals surface area (Å²) < 4.78 is 6.00. The Morgan fingerprint density at radius 3 is 2.70 bits per heavy atom. The Hall–Kier alpha value is -1.75. The Balaban J connectivity index is 2.35. The van der Waals surface area contributed by atoms with Gasteiger partial charge in [0.15, 0.2) is 0 Å². The van der Waals surface area contributed by atoms with E-state index in [4.69, 9.17) is 4.74 Å². The first kappa shape index (κ1) is 14.7. The van der Waals surface area contributed by atoms with E-state index >= 15 is 0 Å². The maximum atomic E-state index is 6.00. The van der Waals surface area contributed by atoms with E-state index in [1.54, 1.807) is 11.8 Å². The van der Waals surface area contributed by atoms with Gasteiger partial charge in [-0.15, -0.1) is 11.8 Å². The topological polar surface area (TPSA) is 47.0 Å². The molecule has 106 valence electrons. The zero-order chi connectivity index (χ0) is 14.4. The molecule has 2 rings (SSSR count). The minimum absolute atomic E-state index is 0.625. The molecule has 0 amide bonds. The Bertz CT molecular complexity index is 575. The molecule has 0 saturated heterocycles. The molecule has 0 spiro atoms. The first-order valence-corrected chi connectivity index (χ1v) is 7.91. The first-order valence-electron chi connectivity index (χ1n) is 6.68. The highest BCUT2D eigenvalue weighted by Crippen LogP contribution is 2.33. The smallest absolute Gasteiger partial charge is 0.227 e. The quantitative estimate of drug-likeness (QED) is 0.815.